The van der Waals surface area contributed by atoms with Gasteiger partial charge in [0, 0.05) is 38.3 Å². The lowest BCUT2D eigenvalue weighted by molar-refractivity contribution is -0.135. The molecule has 0 unspecified atom stereocenters. The first kappa shape index (κ1) is 18.6. The number of anilines is 1. The molecule has 0 saturated heterocycles. The first-order valence-corrected chi connectivity index (χ1v) is 8.11. The number of carbonyl (C=O) groups is 2. The van der Waals surface area contributed by atoms with Crippen LogP contribution < -0.4 is 5.32 Å². The lowest BCUT2D eigenvalue weighted by Gasteiger charge is -2.22. The summed E-state index contributed by atoms with van der Waals surface area (Å²) in [6.07, 6.45) is 3.15. The summed E-state index contributed by atoms with van der Waals surface area (Å²) in [7, 11) is 1.58. The van der Waals surface area contributed by atoms with Crippen molar-refractivity contribution in [1.82, 2.24) is 9.88 Å². The third-order valence-corrected chi connectivity index (χ3v) is 3.77. The number of amides is 2. The fraction of sp³-hybridized carbons (Fsp3) is 0.316. The fourth-order valence-electron chi connectivity index (χ4n) is 2.36. The fourth-order valence-corrected chi connectivity index (χ4v) is 2.36. The summed E-state index contributed by atoms with van der Waals surface area (Å²) in [4.78, 5) is 30.3. The van der Waals surface area contributed by atoms with Gasteiger partial charge in [0.15, 0.2) is 0 Å². The number of pyridine rings is 1. The molecule has 1 aromatic heterocycles. The number of aryl methyl sites for hydroxylation is 1. The Kier molecular flexibility index (Phi) is 7.10. The Bertz CT molecular complexity index is 704. The van der Waals surface area contributed by atoms with Crippen LogP contribution in [0, 0.1) is 6.92 Å². The second-order valence-electron chi connectivity index (χ2n) is 5.70. The van der Waals surface area contributed by atoms with Gasteiger partial charge in [-0.05, 0) is 36.2 Å². The maximum absolute atomic E-state index is 12.5. The minimum absolute atomic E-state index is 0.205. The molecule has 1 aromatic carbocycles. The van der Waals surface area contributed by atoms with E-state index in [-0.39, 0.29) is 18.2 Å². The summed E-state index contributed by atoms with van der Waals surface area (Å²) in [5.74, 6) is -0.559. The van der Waals surface area contributed by atoms with Crippen molar-refractivity contribution in [2.45, 2.75) is 19.9 Å². The van der Waals surface area contributed by atoms with Crippen molar-refractivity contribution in [3.05, 3.63) is 59.9 Å². The Morgan fingerprint density at radius 1 is 1.16 bits per heavy atom. The predicted octanol–water partition coefficient (Wildman–Crippen LogP) is 2.39. The van der Waals surface area contributed by atoms with Gasteiger partial charge >= 0.3 is 0 Å². The van der Waals surface area contributed by atoms with Crippen molar-refractivity contribution in [3.8, 4) is 0 Å². The molecule has 1 N–H and O–H groups in total. The van der Waals surface area contributed by atoms with Crippen LogP contribution in [0.2, 0.25) is 0 Å². The van der Waals surface area contributed by atoms with Gasteiger partial charge in [0.05, 0.1) is 6.61 Å². The first-order valence-electron chi connectivity index (χ1n) is 8.11. The standard InChI is InChI=1S/C19H23N3O3/c1-15-5-3-4-6-17(15)21-18(23)13-19(24)22(11-12-25-2)14-16-7-9-20-10-8-16/h3-10H,11-14H2,1-2H3,(H,21,23). The predicted molar refractivity (Wildman–Crippen MR) is 96.0 cm³/mol. The molecule has 0 aliphatic heterocycles. The van der Waals surface area contributed by atoms with Crippen LogP contribution in [-0.2, 0) is 20.9 Å². The summed E-state index contributed by atoms with van der Waals surface area (Å²) in [5.41, 5.74) is 2.63. The molecule has 1 heterocycles. The number of carbonyl (C=O) groups excluding carboxylic acids is 2. The van der Waals surface area contributed by atoms with Crippen molar-refractivity contribution >= 4 is 17.5 Å². The van der Waals surface area contributed by atoms with Crippen LogP contribution in [0.4, 0.5) is 5.69 Å². The third-order valence-electron chi connectivity index (χ3n) is 3.77. The molecule has 0 aliphatic rings. The van der Waals surface area contributed by atoms with Crippen molar-refractivity contribution in [3.63, 3.8) is 0 Å². The van der Waals surface area contributed by atoms with Crippen LogP contribution in [0.25, 0.3) is 0 Å². The van der Waals surface area contributed by atoms with E-state index in [1.165, 1.54) is 0 Å². The van der Waals surface area contributed by atoms with Crippen LogP contribution in [-0.4, -0.2) is 42.0 Å². The third kappa shape index (κ3) is 6.00. The highest BCUT2D eigenvalue weighted by atomic mass is 16.5. The van der Waals surface area contributed by atoms with E-state index in [0.29, 0.717) is 19.7 Å². The zero-order valence-electron chi connectivity index (χ0n) is 14.6. The number of hydrogen-bond donors (Lipinski definition) is 1. The van der Waals surface area contributed by atoms with E-state index in [9.17, 15) is 9.59 Å². The quantitative estimate of drug-likeness (QED) is 0.749. The number of ether oxygens (including phenoxy) is 1. The molecule has 6 nitrogen and oxygen atoms in total. The van der Waals surface area contributed by atoms with E-state index in [1.54, 1.807) is 24.4 Å². The maximum atomic E-state index is 12.5. The molecule has 0 aliphatic carbocycles. The minimum Gasteiger partial charge on any atom is -0.383 e. The number of benzene rings is 1. The van der Waals surface area contributed by atoms with Crippen LogP contribution in [0.15, 0.2) is 48.8 Å². The van der Waals surface area contributed by atoms with Gasteiger partial charge in [-0.15, -0.1) is 0 Å². The molecule has 6 heteroatoms. The zero-order chi connectivity index (χ0) is 18.1. The van der Waals surface area contributed by atoms with Gasteiger partial charge in [-0.3, -0.25) is 14.6 Å². The number of aromatic nitrogens is 1. The van der Waals surface area contributed by atoms with Crippen LogP contribution in [0.1, 0.15) is 17.5 Å². The molecule has 2 amide bonds. The number of rotatable bonds is 8. The van der Waals surface area contributed by atoms with E-state index in [1.807, 2.05) is 43.3 Å². The number of nitrogens with zero attached hydrogens (tertiary/aromatic N) is 2. The van der Waals surface area contributed by atoms with E-state index in [2.05, 4.69) is 10.3 Å². The first-order chi connectivity index (χ1) is 12.1. The maximum Gasteiger partial charge on any atom is 0.233 e. The molecule has 0 saturated carbocycles. The molecular weight excluding hydrogens is 318 g/mol. The Balaban J connectivity index is 1.98. The van der Waals surface area contributed by atoms with E-state index >= 15 is 0 Å². The molecule has 2 rings (SSSR count). The number of nitrogens with one attached hydrogen (secondary N) is 1. The minimum atomic E-state index is -0.323. The second-order valence-corrected chi connectivity index (χ2v) is 5.70. The van der Waals surface area contributed by atoms with Gasteiger partial charge in [-0.2, -0.15) is 0 Å². The van der Waals surface area contributed by atoms with Gasteiger partial charge in [0.25, 0.3) is 0 Å². The van der Waals surface area contributed by atoms with E-state index in [0.717, 1.165) is 16.8 Å². The Morgan fingerprint density at radius 3 is 2.56 bits per heavy atom. The highest BCUT2D eigenvalue weighted by molar-refractivity contribution is 6.03. The Labute approximate surface area is 147 Å². The summed E-state index contributed by atoms with van der Waals surface area (Å²) in [5, 5.41) is 2.79. The van der Waals surface area contributed by atoms with Crippen molar-refractivity contribution in [1.29, 1.82) is 0 Å². The molecule has 0 fully saturated rings. The number of para-hydroxylation sites is 1. The molecule has 132 valence electrons. The van der Waals surface area contributed by atoms with Crippen LogP contribution >= 0.6 is 0 Å². The molecule has 0 atom stereocenters. The monoisotopic (exact) mass is 341 g/mol. The average molecular weight is 341 g/mol. The molecule has 25 heavy (non-hydrogen) atoms. The number of methoxy groups -OCH3 is 1. The SMILES string of the molecule is COCCN(Cc1ccncc1)C(=O)CC(=O)Nc1ccccc1C. The molecule has 2 aromatic rings. The molecule has 0 radical (unpaired) electrons. The van der Waals surface area contributed by atoms with Gasteiger partial charge in [0.1, 0.15) is 6.42 Å². The summed E-state index contributed by atoms with van der Waals surface area (Å²) in [6.45, 7) is 3.17. The lowest BCUT2D eigenvalue weighted by Crippen LogP contribution is -2.35. The molecule has 0 spiro atoms. The number of hydrogen-bond acceptors (Lipinski definition) is 4. The zero-order valence-corrected chi connectivity index (χ0v) is 14.6. The lowest BCUT2D eigenvalue weighted by atomic mass is 10.2. The summed E-state index contributed by atoms with van der Waals surface area (Å²) >= 11 is 0. The molecule has 0 bridgehead atoms. The second kappa shape index (κ2) is 9.54. The smallest absolute Gasteiger partial charge is 0.233 e. The Hall–Kier alpha value is -2.73. The summed E-state index contributed by atoms with van der Waals surface area (Å²) in [6, 6.07) is 11.2. The largest absolute Gasteiger partial charge is 0.383 e. The van der Waals surface area contributed by atoms with Crippen LogP contribution in [0.5, 0.6) is 0 Å². The highest BCUT2D eigenvalue weighted by Crippen LogP contribution is 2.14. The van der Waals surface area contributed by atoms with E-state index in [4.69, 9.17) is 4.74 Å². The molecular formula is C19H23N3O3. The normalized spacial score (nSPS) is 10.3. The van der Waals surface area contributed by atoms with Gasteiger partial charge < -0.3 is 15.0 Å². The average Bonchev–Trinajstić information content (AvgIpc) is 2.61. The van der Waals surface area contributed by atoms with Gasteiger partial charge in [-0.1, -0.05) is 18.2 Å². The Morgan fingerprint density at radius 2 is 1.88 bits per heavy atom. The van der Waals surface area contributed by atoms with E-state index < -0.39 is 0 Å². The van der Waals surface area contributed by atoms with Gasteiger partial charge in [-0.25, -0.2) is 0 Å². The van der Waals surface area contributed by atoms with Crippen LogP contribution in [0.3, 0.4) is 0 Å². The van der Waals surface area contributed by atoms with Crippen molar-refractivity contribution in [2.75, 3.05) is 25.6 Å². The topological polar surface area (TPSA) is 71.5 Å². The van der Waals surface area contributed by atoms with Gasteiger partial charge in [0.2, 0.25) is 11.8 Å². The highest BCUT2D eigenvalue weighted by Gasteiger charge is 2.18. The van der Waals surface area contributed by atoms with Crippen molar-refractivity contribution < 1.29 is 14.3 Å². The van der Waals surface area contributed by atoms with Crippen molar-refractivity contribution in [2.24, 2.45) is 0 Å². The summed E-state index contributed by atoms with van der Waals surface area (Å²) < 4.78 is 5.07.